The normalized spacial score (nSPS) is 12.2. The van der Waals surface area contributed by atoms with E-state index in [0.717, 1.165) is 0 Å². The molecule has 0 radical (unpaired) electrons. The molecule has 0 aliphatic heterocycles. The molecule has 1 aromatic carbocycles. The fourth-order valence-corrected chi connectivity index (χ4v) is 3.13. The smallest absolute Gasteiger partial charge is 0.181 e. The van der Waals surface area contributed by atoms with Crippen LogP contribution >= 0.6 is 11.6 Å². The van der Waals surface area contributed by atoms with Crippen LogP contribution in [-0.4, -0.2) is 18.7 Å². The van der Waals surface area contributed by atoms with E-state index in [9.17, 15) is 8.42 Å². The van der Waals surface area contributed by atoms with Gasteiger partial charge in [-0.3, -0.25) is 0 Å². The molecule has 0 N–H and O–H groups in total. The van der Waals surface area contributed by atoms with Crippen LogP contribution in [0.15, 0.2) is 35.4 Å². The van der Waals surface area contributed by atoms with Crippen molar-refractivity contribution in [3.8, 4) is 0 Å². The van der Waals surface area contributed by atoms with Crippen molar-refractivity contribution in [2.75, 3.05) is 0 Å². The number of hydrogen-bond acceptors (Lipinski definition) is 3. The van der Waals surface area contributed by atoms with Gasteiger partial charge in [-0.05, 0) is 26.0 Å². The SMILES string of the molecule is CC(C)S(=O)(=O)c1cccc2c(Cl)nccc12. The highest BCUT2D eigenvalue weighted by molar-refractivity contribution is 7.92. The van der Waals surface area contributed by atoms with Crippen LogP contribution in [0, 0.1) is 0 Å². The minimum Gasteiger partial charge on any atom is -0.244 e. The van der Waals surface area contributed by atoms with Gasteiger partial charge in [-0.25, -0.2) is 13.4 Å². The zero-order valence-electron chi connectivity index (χ0n) is 9.51. The second-order valence-electron chi connectivity index (χ2n) is 4.05. The third-order valence-corrected chi connectivity index (χ3v) is 5.16. The summed E-state index contributed by atoms with van der Waals surface area (Å²) >= 11 is 5.95. The van der Waals surface area contributed by atoms with Crippen molar-refractivity contribution in [1.29, 1.82) is 0 Å². The molecule has 2 aromatic rings. The molecule has 0 atom stereocenters. The highest BCUT2D eigenvalue weighted by Crippen LogP contribution is 2.28. The first-order valence-electron chi connectivity index (χ1n) is 5.21. The zero-order valence-corrected chi connectivity index (χ0v) is 11.1. The Hall–Kier alpha value is -1.13. The van der Waals surface area contributed by atoms with Crippen molar-refractivity contribution in [3.05, 3.63) is 35.6 Å². The van der Waals surface area contributed by atoms with Crippen molar-refractivity contribution < 1.29 is 8.42 Å². The molecule has 17 heavy (non-hydrogen) atoms. The van der Waals surface area contributed by atoms with Crippen LogP contribution in [0.4, 0.5) is 0 Å². The second-order valence-corrected chi connectivity index (χ2v) is 6.88. The molecule has 3 nitrogen and oxygen atoms in total. The summed E-state index contributed by atoms with van der Waals surface area (Å²) < 4.78 is 24.4. The number of benzene rings is 1. The van der Waals surface area contributed by atoms with Gasteiger partial charge in [-0.1, -0.05) is 23.7 Å². The largest absolute Gasteiger partial charge is 0.244 e. The number of halogens is 1. The minimum absolute atomic E-state index is 0.314. The van der Waals surface area contributed by atoms with E-state index in [1.165, 1.54) is 6.20 Å². The van der Waals surface area contributed by atoms with Gasteiger partial charge in [-0.15, -0.1) is 0 Å². The molecule has 0 saturated carbocycles. The first-order chi connectivity index (χ1) is 7.94. The maximum Gasteiger partial charge on any atom is 0.181 e. The molecule has 5 heteroatoms. The molecular weight excluding hydrogens is 258 g/mol. The van der Waals surface area contributed by atoms with Gasteiger partial charge >= 0.3 is 0 Å². The predicted octanol–water partition coefficient (Wildman–Crippen LogP) is 3.07. The van der Waals surface area contributed by atoms with Crippen molar-refractivity contribution in [1.82, 2.24) is 4.98 Å². The first-order valence-corrected chi connectivity index (χ1v) is 7.14. The molecule has 0 saturated heterocycles. The highest BCUT2D eigenvalue weighted by Gasteiger charge is 2.21. The summed E-state index contributed by atoms with van der Waals surface area (Å²) in [6, 6.07) is 6.74. The molecule has 0 aliphatic carbocycles. The fourth-order valence-electron chi connectivity index (χ4n) is 1.64. The van der Waals surface area contributed by atoms with Crippen LogP contribution in [-0.2, 0) is 9.84 Å². The van der Waals surface area contributed by atoms with Crippen molar-refractivity contribution in [2.45, 2.75) is 24.0 Å². The lowest BCUT2D eigenvalue weighted by Gasteiger charge is -2.10. The number of fused-ring (bicyclic) bond motifs is 1. The van der Waals surface area contributed by atoms with Crippen molar-refractivity contribution in [2.24, 2.45) is 0 Å². The monoisotopic (exact) mass is 269 g/mol. The Kier molecular flexibility index (Phi) is 3.10. The summed E-state index contributed by atoms with van der Waals surface area (Å²) in [5.41, 5.74) is 0. The lowest BCUT2D eigenvalue weighted by molar-refractivity contribution is 0.588. The molecule has 0 unspecified atom stereocenters. The van der Waals surface area contributed by atoms with Crippen molar-refractivity contribution in [3.63, 3.8) is 0 Å². The Morgan fingerprint density at radius 1 is 1.18 bits per heavy atom. The number of rotatable bonds is 2. The number of sulfone groups is 1. The Morgan fingerprint density at radius 2 is 1.88 bits per heavy atom. The molecule has 0 amide bonds. The molecule has 0 spiro atoms. The standard InChI is InChI=1S/C12H12ClNO2S/c1-8(2)17(15,16)11-5-3-4-10-9(11)6-7-14-12(10)13/h3-8H,1-2H3. The lowest BCUT2D eigenvalue weighted by atomic mass is 10.2. The van der Waals surface area contributed by atoms with E-state index in [0.29, 0.717) is 20.8 Å². The summed E-state index contributed by atoms with van der Waals surface area (Å²) in [4.78, 5) is 4.26. The molecule has 0 bridgehead atoms. The van der Waals surface area contributed by atoms with Crippen LogP contribution in [0.25, 0.3) is 10.8 Å². The van der Waals surface area contributed by atoms with Crippen molar-refractivity contribution >= 4 is 32.2 Å². The molecule has 2 rings (SSSR count). The Bertz CT molecular complexity index is 665. The highest BCUT2D eigenvalue weighted by atomic mass is 35.5. The molecule has 90 valence electrons. The summed E-state index contributed by atoms with van der Waals surface area (Å²) in [5, 5.41) is 1.15. The lowest BCUT2D eigenvalue weighted by Crippen LogP contribution is -2.14. The quantitative estimate of drug-likeness (QED) is 0.787. The van der Waals surface area contributed by atoms with Crippen LogP contribution in [0.1, 0.15) is 13.8 Å². The van der Waals surface area contributed by atoms with Gasteiger partial charge in [0.2, 0.25) is 0 Å². The van der Waals surface area contributed by atoms with Crippen LogP contribution in [0.5, 0.6) is 0 Å². The van der Waals surface area contributed by atoms with E-state index in [-0.39, 0.29) is 0 Å². The molecule has 1 heterocycles. The van der Waals surface area contributed by atoms with E-state index < -0.39 is 15.1 Å². The third-order valence-electron chi connectivity index (χ3n) is 2.64. The van der Waals surface area contributed by atoms with Crippen LogP contribution in [0.3, 0.4) is 0 Å². The van der Waals surface area contributed by atoms with Gasteiger partial charge in [-0.2, -0.15) is 0 Å². The first kappa shape index (κ1) is 12.3. The Labute approximate surface area is 105 Å². The van der Waals surface area contributed by atoms with E-state index in [2.05, 4.69) is 4.98 Å². The van der Waals surface area contributed by atoms with E-state index in [1.807, 2.05) is 0 Å². The summed E-state index contributed by atoms with van der Waals surface area (Å²) in [6.07, 6.45) is 1.52. The summed E-state index contributed by atoms with van der Waals surface area (Å²) in [6.45, 7) is 3.33. The van der Waals surface area contributed by atoms with Gasteiger partial charge in [0, 0.05) is 17.0 Å². The molecular formula is C12H12ClNO2S. The maximum absolute atomic E-state index is 12.2. The van der Waals surface area contributed by atoms with Gasteiger partial charge in [0.15, 0.2) is 9.84 Å². The van der Waals surface area contributed by atoms with Gasteiger partial charge in [0.1, 0.15) is 5.15 Å². The second kappa shape index (κ2) is 4.27. The summed E-state index contributed by atoms with van der Waals surface area (Å²) in [5.74, 6) is 0. The number of pyridine rings is 1. The third kappa shape index (κ3) is 2.03. The minimum atomic E-state index is -3.31. The maximum atomic E-state index is 12.2. The van der Waals surface area contributed by atoms with E-state index >= 15 is 0 Å². The van der Waals surface area contributed by atoms with Gasteiger partial charge in [0.05, 0.1) is 10.1 Å². The van der Waals surface area contributed by atoms with Gasteiger partial charge in [0.25, 0.3) is 0 Å². The molecule has 0 fully saturated rings. The van der Waals surface area contributed by atoms with Gasteiger partial charge < -0.3 is 0 Å². The summed E-state index contributed by atoms with van der Waals surface area (Å²) in [7, 11) is -3.31. The topological polar surface area (TPSA) is 47.0 Å². The zero-order chi connectivity index (χ0) is 12.6. The Morgan fingerprint density at radius 3 is 2.53 bits per heavy atom. The predicted molar refractivity (Wildman–Crippen MR) is 69.1 cm³/mol. The number of aromatic nitrogens is 1. The average molecular weight is 270 g/mol. The number of nitrogens with zero attached hydrogens (tertiary/aromatic N) is 1. The van der Waals surface area contributed by atoms with E-state index in [1.54, 1.807) is 38.1 Å². The average Bonchev–Trinajstić information content (AvgIpc) is 2.28. The molecule has 1 aromatic heterocycles. The van der Waals surface area contributed by atoms with Crippen LogP contribution in [0.2, 0.25) is 5.15 Å². The fraction of sp³-hybridized carbons (Fsp3) is 0.250. The van der Waals surface area contributed by atoms with Crippen LogP contribution < -0.4 is 0 Å². The molecule has 0 aliphatic rings. The van der Waals surface area contributed by atoms with E-state index in [4.69, 9.17) is 11.6 Å². The Balaban J connectivity index is 2.85. The number of hydrogen-bond donors (Lipinski definition) is 0.